The second-order valence-electron chi connectivity index (χ2n) is 7.79. The monoisotopic (exact) mass is 449 g/mol. The van der Waals surface area contributed by atoms with Gasteiger partial charge in [-0.1, -0.05) is 11.6 Å². The Morgan fingerprint density at radius 3 is 2.81 bits per heavy atom. The van der Waals surface area contributed by atoms with Gasteiger partial charge in [-0.25, -0.2) is 4.98 Å². The lowest BCUT2D eigenvalue weighted by Crippen LogP contribution is -2.18. The van der Waals surface area contributed by atoms with Crippen LogP contribution in [0.1, 0.15) is 23.9 Å². The predicted octanol–water partition coefficient (Wildman–Crippen LogP) is 3.52. The summed E-state index contributed by atoms with van der Waals surface area (Å²) in [5.41, 5.74) is 4.21. The second kappa shape index (κ2) is 8.76. The van der Waals surface area contributed by atoms with Crippen LogP contribution in [0.3, 0.4) is 0 Å². The molecule has 4 aromatic rings. The quantitative estimate of drug-likeness (QED) is 0.504. The molecule has 0 saturated heterocycles. The van der Waals surface area contributed by atoms with E-state index in [0.717, 1.165) is 43.8 Å². The lowest BCUT2D eigenvalue weighted by molar-refractivity contribution is 0.300. The van der Waals surface area contributed by atoms with Crippen molar-refractivity contribution in [2.75, 3.05) is 13.1 Å². The molecule has 1 aliphatic rings. The van der Waals surface area contributed by atoms with Crippen LogP contribution >= 0.6 is 11.6 Å². The largest absolute Gasteiger partial charge is 0.487 e. The molecule has 0 atom stereocenters. The maximum absolute atomic E-state index is 12.8. The number of pyridine rings is 3. The molecule has 0 fully saturated rings. The Kier molecular flexibility index (Phi) is 5.68. The van der Waals surface area contributed by atoms with Crippen LogP contribution in [0.25, 0.3) is 16.9 Å². The Bertz CT molecular complexity index is 1330. The third-order valence-electron chi connectivity index (χ3n) is 5.84. The number of hydrogen-bond donors (Lipinski definition) is 1. The number of aromatic nitrogens is 4. The zero-order valence-electron chi connectivity index (χ0n) is 17.8. The van der Waals surface area contributed by atoms with E-state index in [0.29, 0.717) is 16.6 Å². The summed E-state index contributed by atoms with van der Waals surface area (Å²) in [5.74, 6) is 1.09. The minimum absolute atomic E-state index is 0.196. The van der Waals surface area contributed by atoms with Gasteiger partial charge in [0, 0.05) is 49.1 Å². The van der Waals surface area contributed by atoms with Crippen LogP contribution in [0.4, 0.5) is 0 Å². The lowest BCUT2D eigenvalue weighted by Gasteiger charge is -2.10. The minimum Gasteiger partial charge on any atom is -0.487 e. The standard InChI is InChI=1S/C24H24ClN5O2/c1-2-29-21-8-11-26-10-7-19(21)20-5-6-22(28-24(20)29)30-12-9-18(13-23(30)31)32-15-17-4-3-16(25)14-27-17/h3-6,9,12-14,26H,2,7-8,10-11,15H2,1H3. The topological polar surface area (TPSA) is 74.0 Å². The maximum atomic E-state index is 12.8. The van der Waals surface area contributed by atoms with Crippen LogP contribution < -0.4 is 15.6 Å². The van der Waals surface area contributed by atoms with Crippen LogP contribution in [-0.2, 0) is 26.0 Å². The van der Waals surface area contributed by atoms with Crippen molar-refractivity contribution in [1.82, 2.24) is 24.4 Å². The first-order valence-corrected chi connectivity index (χ1v) is 11.2. The number of rotatable bonds is 5. The van der Waals surface area contributed by atoms with Crippen molar-refractivity contribution in [2.45, 2.75) is 32.9 Å². The van der Waals surface area contributed by atoms with Gasteiger partial charge in [-0.05, 0) is 55.8 Å². The van der Waals surface area contributed by atoms with Crippen LogP contribution in [0.2, 0.25) is 5.02 Å². The van der Waals surface area contributed by atoms with E-state index >= 15 is 0 Å². The number of ether oxygens (including phenoxy) is 1. The number of halogens is 1. The van der Waals surface area contributed by atoms with E-state index < -0.39 is 0 Å². The SMILES string of the molecule is CCn1c2c(c3ccc(-n4ccc(OCc5ccc(Cl)cn5)cc4=O)nc31)CCNCC2. The molecule has 4 aromatic heterocycles. The maximum Gasteiger partial charge on any atom is 0.259 e. The molecule has 1 N–H and O–H groups in total. The van der Waals surface area contributed by atoms with E-state index in [2.05, 4.69) is 27.9 Å². The van der Waals surface area contributed by atoms with Gasteiger partial charge in [-0.3, -0.25) is 14.3 Å². The second-order valence-corrected chi connectivity index (χ2v) is 8.22. The summed E-state index contributed by atoms with van der Waals surface area (Å²) in [5, 5.41) is 5.22. The summed E-state index contributed by atoms with van der Waals surface area (Å²) >= 11 is 5.86. The number of nitrogens with zero attached hydrogens (tertiary/aromatic N) is 4. The molecule has 5 heterocycles. The van der Waals surface area contributed by atoms with Crippen LogP contribution in [0, 0.1) is 0 Å². The van der Waals surface area contributed by atoms with Crippen molar-refractivity contribution in [3.63, 3.8) is 0 Å². The van der Waals surface area contributed by atoms with Crippen molar-refractivity contribution in [2.24, 2.45) is 0 Å². The molecule has 5 rings (SSSR count). The number of hydrogen-bond acceptors (Lipinski definition) is 5. The molecule has 0 saturated carbocycles. The van der Waals surface area contributed by atoms with E-state index in [1.807, 2.05) is 6.07 Å². The van der Waals surface area contributed by atoms with Crippen molar-refractivity contribution < 1.29 is 4.74 Å². The summed E-state index contributed by atoms with van der Waals surface area (Å²) in [4.78, 5) is 21.9. The van der Waals surface area contributed by atoms with Gasteiger partial charge in [0.1, 0.15) is 23.8 Å². The van der Waals surface area contributed by atoms with Crippen molar-refractivity contribution in [3.05, 3.63) is 81.1 Å². The minimum atomic E-state index is -0.196. The molecular weight excluding hydrogens is 426 g/mol. The normalized spacial score (nSPS) is 13.7. The van der Waals surface area contributed by atoms with E-state index in [1.54, 1.807) is 35.2 Å². The van der Waals surface area contributed by atoms with Crippen LogP contribution in [0.5, 0.6) is 5.75 Å². The average Bonchev–Trinajstić information content (AvgIpc) is 2.93. The van der Waals surface area contributed by atoms with Gasteiger partial charge >= 0.3 is 0 Å². The number of nitrogens with one attached hydrogen (secondary N) is 1. The van der Waals surface area contributed by atoms with E-state index in [4.69, 9.17) is 21.3 Å². The fourth-order valence-corrected chi connectivity index (χ4v) is 4.41. The van der Waals surface area contributed by atoms with Gasteiger partial charge < -0.3 is 14.6 Å². The summed E-state index contributed by atoms with van der Waals surface area (Å²) in [6.07, 6.45) is 5.26. The molecule has 0 bridgehead atoms. The first-order chi connectivity index (χ1) is 15.6. The molecule has 1 aliphatic heterocycles. The first kappa shape index (κ1) is 20.7. The highest BCUT2D eigenvalue weighted by molar-refractivity contribution is 6.30. The van der Waals surface area contributed by atoms with Crippen molar-refractivity contribution in [1.29, 1.82) is 0 Å². The molecule has 0 unspecified atom stereocenters. The fourth-order valence-electron chi connectivity index (χ4n) is 4.30. The predicted molar refractivity (Wildman–Crippen MR) is 125 cm³/mol. The zero-order valence-corrected chi connectivity index (χ0v) is 18.6. The van der Waals surface area contributed by atoms with Crippen LogP contribution in [0.15, 0.2) is 53.6 Å². The molecule has 164 valence electrons. The Labute approximate surface area is 190 Å². The van der Waals surface area contributed by atoms with Crippen molar-refractivity contribution >= 4 is 22.6 Å². The third kappa shape index (κ3) is 3.89. The highest BCUT2D eigenvalue weighted by atomic mass is 35.5. The fraction of sp³-hybridized carbons (Fsp3) is 0.292. The first-order valence-electron chi connectivity index (χ1n) is 10.8. The Morgan fingerprint density at radius 2 is 2.03 bits per heavy atom. The Hall–Kier alpha value is -3.16. The van der Waals surface area contributed by atoms with Gasteiger partial charge in [0.15, 0.2) is 0 Å². The molecule has 0 aliphatic carbocycles. The molecule has 0 aromatic carbocycles. The molecule has 0 spiro atoms. The highest BCUT2D eigenvalue weighted by Crippen LogP contribution is 2.28. The third-order valence-corrected chi connectivity index (χ3v) is 6.06. The molecule has 0 amide bonds. The number of fused-ring (bicyclic) bond motifs is 3. The molecule has 0 radical (unpaired) electrons. The van der Waals surface area contributed by atoms with Gasteiger partial charge in [0.25, 0.3) is 5.56 Å². The summed E-state index contributed by atoms with van der Waals surface area (Å²) in [6.45, 7) is 5.20. The van der Waals surface area contributed by atoms with E-state index in [-0.39, 0.29) is 12.2 Å². The summed E-state index contributed by atoms with van der Waals surface area (Å²) in [7, 11) is 0. The summed E-state index contributed by atoms with van der Waals surface area (Å²) < 4.78 is 9.56. The van der Waals surface area contributed by atoms with Crippen LogP contribution in [-0.4, -0.2) is 32.2 Å². The molecular formula is C24H24ClN5O2. The number of aryl methyl sites for hydroxylation is 1. The van der Waals surface area contributed by atoms with Gasteiger partial charge in [0.2, 0.25) is 0 Å². The van der Waals surface area contributed by atoms with Crippen molar-refractivity contribution in [3.8, 4) is 11.6 Å². The zero-order chi connectivity index (χ0) is 22.1. The Morgan fingerprint density at radius 1 is 1.16 bits per heavy atom. The molecule has 7 nitrogen and oxygen atoms in total. The summed E-state index contributed by atoms with van der Waals surface area (Å²) in [6, 6.07) is 10.8. The van der Waals surface area contributed by atoms with Gasteiger partial charge in [-0.2, -0.15) is 0 Å². The van der Waals surface area contributed by atoms with E-state index in [9.17, 15) is 4.79 Å². The van der Waals surface area contributed by atoms with Gasteiger partial charge in [0.05, 0.1) is 10.7 Å². The molecule has 8 heteroatoms. The Balaban J connectivity index is 1.44. The average molecular weight is 450 g/mol. The smallest absolute Gasteiger partial charge is 0.259 e. The van der Waals surface area contributed by atoms with Gasteiger partial charge in [-0.15, -0.1) is 0 Å². The lowest BCUT2D eigenvalue weighted by atomic mass is 10.1. The molecule has 32 heavy (non-hydrogen) atoms. The van der Waals surface area contributed by atoms with E-state index in [1.165, 1.54) is 22.7 Å². The highest BCUT2D eigenvalue weighted by Gasteiger charge is 2.19.